The van der Waals surface area contributed by atoms with Crippen molar-refractivity contribution in [1.29, 1.82) is 0 Å². The van der Waals surface area contributed by atoms with Crippen LogP contribution in [0.2, 0.25) is 10.0 Å². The molecule has 0 fully saturated rings. The van der Waals surface area contributed by atoms with E-state index >= 15 is 0 Å². The predicted octanol–water partition coefficient (Wildman–Crippen LogP) is 4.41. The molecule has 1 N–H and O–H groups in total. The van der Waals surface area contributed by atoms with E-state index in [0.29, 0.717) is 16.5 Å². The fourth-order valence-corrected chi connectivity index (χ4v) is 3.39. The van der Waals surface area contributed by atoms with Crippen molar-refractivity contribution in [3.63, 3.8) is 0 Å². The van der Waals surface area contributed by atoms with Gasteiger partial charge in [0.15, 0.2) is 6.61 Å². The van der Waals surface area contributed by atoms with Crippen LogP contribution in [0.5, 0.6) is 0 Å². The van der Waals surface area contributed by atoms with Crippen molar-refractivity contribution in [2.24, 2.45) is 0 Å². The van der Waals surface area contributed by atoms with Gasteiger partial charge in [0.2, 0.25) is 0 Å². The van der Waals surface area contributed by atoms with Gasteiger partial charge in [0.05, 0.1) is 6.04 Å². The molecule has 1 atom stereocenters. The van der Waals surface area contributed by atoms with Gasteiger partial charge >= 0.3 is 5.97 Å². The molecule has 4 nitrogen and oxygen atoms in total. The SMILES string of the molecule is C[C@H](NC(=O)COC(=O)CCc1ccsc1)c1ccc(Cl)cc1Cl. The molecular formula is C17H17Cl2NO3S. The zero-order chi connectivity index (χ0) is 17.5. The summed E-state index contributed by atoms with van der Waals surface area (Å²) in [5.74, 6) is -0.772. The van der Waals surface area contributed by atoms with Gasteiger partial charge in [-0.05, 0) is 53.4 Å². The first-order chi connectivity index (χ1) is 11.5. The highest BCUT2D eigenvalue weighted by Gasteiger charge is 2.14. The van der Waals surface area contributed by atoms with Gasteiger partial charge in [-0.3, -0.25) is 9.59 Å². The topological polar surface area (TPSA) is 55.4 Å². The van der Waals surface area contributed by atoms with Gasteiger partial charge in [-0.25, -0.2) is 0 Å². The Morgan fingerprint density at radius 2 is 2.08 bits per heavy atom. The summed E-state index contributed by atoms with van der Waals surface area (Å²) in [6.45, 7) is 1.49. The van der Waals surface area contributed by atoms with Crippen molar-refractivity contribution < 1.29 is 14.3 Å². The lowest BCUT2D eigenvalue weighted by Crippen LogP contribution is -2.31. The summed E-state index contributed by atoms with van der Waals surface area (Å²) in [5, 5.41) is 7.68. The molecule has 0 aliphatic rings. The van der Waals surface area contributed by atoms with Gasteiger partial charge in [0.25, 0.3) is 5.91 Å². The molecule has 0 aliphatic carbocycles. The Morgan fingerprint density at radius 1 is 1.29 bits per heavy atom. The lowest BCUT2D eigenvalue weighted by atomic mass is 10.1. The van der Waals surface area contributed by atoms with Crippen molar-refractivity contribution in [3.05, 3.63) is 56.2 Å². The maximum absolute atomic E-state index is 11.9. The third-order valence-corrected chi connectivity index (χ3v) is 4.66. The fraction of sp³-hybridized carbons (Fsp3) is 0.294. The number of carbonyl (C=O) groups is 2. The van der Waals surface area contributed by atoms with Crippen LogP contribution in [-0.2, 0) is 20.7 Å². The van der Waals surface area contributed by atoms with Crippen molar-refractivity contribution >= 4 is 46.4 Å². The Labute approximate surface area is 154 Å². The molecule has 1 aromatic carbocycles. The van der Waals surface area contributed by atoms with Gasteiger partial charge in [-0.1, -0.05) is 29.3 Å². The molecule has 0 saturated heterocycles. The minimum absolute atomic E-state index is 0.253. The summed E-state index contributed by atoms with van der Waals surface area (Å²) in [4.78, 5) is 23.5. The number of rotatable bonds is 7. The third kappa shape index (κ3) is 5.82. The van der Waals surface area contributed by atoms with E-state index in [4.69, 9.17) is 27.9 Å². The third-order valence-electron chi connectivity index (χ3n) is 3.37. The molecule has 0 saturated carbocycles. The molecule has 1 heterocycles. The first-order valence-electron chi connectivity index (χ1n) is 7.36. The molecule has 24 heavy (non-hydrogen) atoms. The van der Waals surface area contributed by atoms with Crippen LogP contribution in [0, 0.1) is 0 Å². The summed E-state index contributed by atoms with van der Waals surface area (Å²) in [6, 6.07) is 6.72. The van der Waals surface area contributed by atoms with E-state index in [9.17, 15) is 9.59 Å². The molecule has 0 unspecified atom stereocenters. The Kier molecular flexibility index (Phi) is 7.09. The number of nitrogens with one attached hydrogen (secondary N) is 1. The highest BCUT2D eigenvalue weighted by atomic mass is 35.5. The van der Waals surface area contributed by atoms with Crippen LogP contribution in [0.15, 0.2) is 35.0 Å². The molecule has 0 bridgehead atoms. The van der Waals surface area contributed by atoms with Crippen LogP contribution in [-0.4, -0.2) is 18.5 Å². The lowest BCUT2D eigenvalue weighted by Gasteiger charge is -2.16. The molecule has 2 aromatic rings. The van der Waals surface area contributed by atoms with Gasteiger partial charge in [-0.2, -0.15) is 11.3 Å². The standard InChI is InChI=1S/C17H17Cl2NO3S/c1-11(14-4-3-13(18)8-15(14)19)20-16(21)9-23-17(22)5-2-12-6-7-24-10-12/h3-4,6-8,10-11H,2,5,9H2,1H3,(H,20,21)/t11-/m0/s1. The van der Waals surface area contributed by atoms with E-state index in [2.05, 4.69) is 5.32 Å². The maximum Gasteiger partial charge on any atom is 0.306 e. The highest BCUT2D eigenvalue weighted by Crippen LogP contribution is 2.25. The Bertz CT molecular complexity index is 704. The summed E-state index contributed by atoms with van der Waals surface area (Å²) in [6.07, 6.45) is 0.864. The average Bonchev–Trinajstić information content (AvgIpc) is 3.04. The van der Waals surface area contributed by atoms with Gasteiger partial charge in [-0.15, -0.1) is 0 Å². The smallest absolute Gasteiger partial charge is 0.306 e. The molecule has 1 aromatic heterocycles. The number of aryl methyl sites for hydroxylation is 1. The highest BCUT2D eigenvalue weighted by molar-refractivity contribution is 7.07. The molecule has 2 rings (SSSR count). The van der Waals surface area contributed by atoms with Crippen molar-refractivity contribution in [3.8, 4) is 0 Å². The Morgan fingerprint density at radius 3 is 2.75 bits per heavy atom. The zero-order valence-corrected chi connectivity index (χ0v) is 15.4. The summed E-state index contributed by atoms with van der Waals surface area (Å²) >= 11 is 13.5. The molecule has 0 spiro atoms. The first-order valence-corrected chi connectivity index (χ1v) is 9.06. The largest absolute Gasteiger partial charge is 0.456 e. The minimum atomic E-state index is -0.395. The Balaban J connectivity index is 1.75. The maximum atomic E-state index is 11.9. The monoisotopic (exact) mass is 385 g/mol. The number of thiophene rings is 1. The van der Waals surface area contributed by atoms with Crippen molar-refractivity contribution in [2.75, 3.05) is 6.61 Å². The van der Waals surface area contributed by atoms with E-state index in [1.165, 1.54) is 0 Å². The van der Waals surface area contributed by atoms with E-state index < -0.39 is 5.97 Å². The van der Waals surface area contributed by atoms with E-state index in [0.717, 1.165) is 11.1 Å². The minimum Gasteiger partial charge on any atom is -0.456 e. The summed E-state index contributed by atoms with van der Waals surface area (Å²) < 4.78 is 4.99. The van der Waals surface area contributed by atoms with E-state index in [-0.39, 0.29) is 25.0 Å². The van der Waals surface area contributed by atoms with Crippen LogP contribution in [0.4, 0.5) is 0 Å². The van der Waals surface area contributed by atoms with Crippen molar-refractivity contribution in [2.45, 2.75) is 25.8 Å². The number of hydrogen-bond acceptors (Lipinski definition) is 4. The predicted molar refractivity (Wildman–Crippen MR) is 96.6 cm³/mol. The lowest BCUT2D eigenvalue weighted by molar-refractivity contribution is -0.148. The molecule has 128 valence electrons. The first kappa shape index (κ1) is 18.8. The van der Waals surface area contributed by atoms with Crippen LogP contribution >= 0.6 is 34.5 Å². The number of carbonyl (C=O) groups excluding carboxylic acids is 2. The van der Waals surface area contributed by atoms with Gasteiger partial charge in [0, 0.05) is 16.5 Å². The molecule has 7 heteroatoms. The summed E-state index contributed by atoms with van der Waals surface area (Å²) in [5.41, 5.74) is 1.84. The van der Waals surface area contributed by atoms with Crippen LogP contribution < -0.4 is 5.32 Å². The molecule has 1 amide bonds. The van der Waals surface area contributed by atoms with E-state index in [1.54, 1.807) is 36.5 Å². The van der Waals surface area contributed by atoms with Crippen LogP contribution in [0.1, 0.15) is 30.5 Å². The fourth-order valence-electron chi connectivity index (χ4n) is 2.11. The normalized spacial score (nSPS) is 11.8. The number of benzene rings is 1. The van der Waals surface area contributed by atoms with Crippen LogP contribution in [0.3, 0.4) is 0 Å². The summed E-state index contributed by atoms with van der Waals surface area (Å²) in [7, 11) is 0. The second-order valence-corrected chi connectivity index (χ2v) is 6.87. The second kappa shape index (κ2) is 9.06. The van der Waals surface area contributed by atoms with Crippen LogP contribution in [0.25, 0.3) is 0 Å². The quantitative estimate of drug-likeness (QED) is 0.718. The number of ether oxygens (including phenoxy) is 1. The second-order valence-electron chi connectivity index (χ2n) is 5.25. The Hall–Kier alpha value is -1.56. The van der Waals surface area contributed by atoms with Gasteiger partial charge < -0.3 is 10.1 Å². The molecule has 0 aliphatic heterocycles. The number of amides is 1. The van der Waals surface area contributed by atoms with Gasteiger partial charge in [0.1, 0.15) is 0 Å². The zero-order valence-electron chi connectivity index (χ0n) is 13.1. The average molecular weight is 386 g/mol. The molecular weight excluding hydrogens is 369 g/mol. The number of esters is 1. The number of hydrogen-bond donors (Lipinski definition) is 1. The van der Waals surface area contributed by atoms with E-state index in [1.807, 2.05) is 16.8 Å². The molecule has 0 radical (unpaired) electrons. The number of halogens is 2. The van der Waals surface area contributed by atoms with Crippen molar-refractivity contribution in [1.82, 2.24) is 5.32 Å².